The third-order valence-electron chi connectivity index (χ3n) is 4.16. The number of ether oxygens (including phenoxy) is 2. The molecule has 0 amide bonds. The van der Waals surface area contributed by atoms with Gasteiger partial charge >= 0.3 is 5.97 Å². The zero-order chi connectivity index (χ0) is 15.5. The van der Waals surface area contributed by atoms with Crippen LogP contribution in [0.4, 0.5) is 0 Å². The predicted octanol–water partition coefficient (Wildman–Crippen LogP) is 2.67. The van der Waals surface area contributed by atoms with Gasteiger partial charge in [0.05, 0.1) is 24.9 Å². The fourth-order valence-corrected chi connectivity index (χ4v) is 3.03. The molecule has 0 radical (unpaired) electrons. The Labute approximate surface area is 129 Å². The number of carbonyl (C=O) groups excluding carboxylic acids is 1. The minimum atomic E-state index is -0.937. The zero-order valence-electron chi connectivity index (χ0n) is 12.3. The average Bonchev–Trinajstić information content (AvgIpc) is 2.98. The second-order valence-electron chi connectivity index (χ2n) is 5.41. The van der Waals surface area contributed by atoms with E-state index in [1.165, 1.54) is 13.4 Å². The van der Waals surface area contributed by atoms with Crippen LogP contribution >= 0.6 is 0 Å². The summed E-state index contributed by atoms with van der Waals surface area (Å²) in [5, 5.41) is 10.1. The Morgan fingerprint density at radius 1 is 1.32 bits per heavy atom. The molecule has 0 aromatic heterocycles. The van der Waals surface area contributed by atoms with Gasteiger partial charge in [0.25, 0.3) is 0 Å². The molecular formula is C18H18O4. The van der Waals surface area contributed by atoms with Crippen LogP contribution in [0.25, 0.3) is 6.08 Å². The minimum absolute atomic E-state index is 0.0911. The Morgan fingerprint density at radius 2 is 2.09 bits per heavy atom. The van der Waals surface area contributed by atoms with Crippen molar-refractivity contribution in [3.8, 4) is 0 Å². The lowest BCUT2D eigenvalue weighted by molar-refractivity contribution is -0.141. The molecule has 3 atom stereocenters. The lowest BCUT2D eigenvalue weighted by atomic mass is 9.83. The molecule has 114 valence electrons. The highest BCUT2D eigenvalue weighted by Gasteiger charge is 2.42. The van der Waals surface area contributed by atoms with Crippen molar-refractivity contribution in [1.82, 2.24) is 0 Å². The van der Waals surface area contributed by atoms with Gasteiger partial charge < -0.3 is 14.6 Å². The molecule has 0 bridgehead atoms. The van der Waals surface area contributed by atoms with Crippen molar-refractivity contribution < 1.29 is 19.4 Å². The number of fused-ring (bicyclic) bond motifs is 1. The predicted molar refractivity (Wildman–Crippen MR) is 82.3 cm³/mol. The van der Waals surface area contributed by atoms with Crippen LogP contribution in [0.3, 0.4) is 0 Å². The number of allylic oxidation sites excluding steroid dienone is 2. The van der Waals surface area contributed by atoms with Crippen LogP contribution in [0.1, 0.15) is 12.0 Å². The Balaban J connectivity index is 1.81. The molecule has 4 heteroatoms. The number of rotatable bonds is 3. The first-order valence-electron chi connectivity index (χ1n) is 7.26. The summed E-state index contributed by atoms with van der Waals surface area (Å²) in [4.78, 5) is 11.8. The Hall–Kier alpha value is -2.33. The highest BCUT2D eigenvalue weighted by atomic mass is 16.6. The van der Waals surface area contributed by atoms with Crippen LogP contribution in [0.2, 0.25) is 0 Å². The average molecular weight is 298 g/mol. The maximum Gasteiger partial charge on any atom is 0.337 e. The number of carbonyl (C=O) groups is 1. The molecule has 1 N–H and O–H groups in total. The lowest BCUT2D eigenvalue weighted by Gasteiger charge is -2.31. The molecule has 1 aromatic rings. The molecule has 1 aliphatic carbocycles. The first-order chi connectivity index (χ1) is 10.7. The van der Waals surface area contributed by atoms with Gasteiger partial charge in [-0.2, -0.15) is 0 Å². The van der Waals surface area contributed by atoms with E-state index in [1.807, 2.05) is 48.6 Å². The van der Waals surface area contributed by atoms with Gasteiger partial charge in [0, 0.05) is 5.92 Å². The molecule has 0 saturated heterocycles. The van der Waals surface area contributed by atoms with E-state index in [0.717, 1.165) is 11.1 Å². The lowest BCUT2D eigenvalue weighted by Crippen LogP contribution is -2.34. The first-order valence-corrected chi connectivity index (χ1v) is 7.26. The fourth-order valence-electron chi connectivity index (χ4n) is 3.03. The third-order valence-corrected chi connectivity index (χ3v) is 4.16. The smallest absolute Gasteiger partial charge is 0.337 e. The van der Waals surface area contributed by atoms with E-state index >= 15 is 0 Å². The fraction of sp³-hybridized carbons (Fsp3) is 0.278. The molecule has 1 aromatic carbocycles. The van der Waals surface area contributed by atoms with E-state index < -0.39 is 12.3 Å². The van der Waals surface area contributed by atoms with Crippen molar-refractivity contribution in [2.24, 2.45) is 11.8 Å². The number of aliphatic hydroxyl groups is 1. The van der Waals surface area contributed by atoms with Crippen molar-refractivity contribution in [3.05, 3.63) is 65.5 Å². The molecule has 0 fully saturated rings. The SMILES string of the molecule is COC(=O)C1=COC(O)C2C(/C=C/c3ccccc3)=CCC12. The second-order valence-corrected chi connectivity index (χ2v) is 5.41. The molecule has 22 heavy (non-hydrogen) atoms. The van der Waals surface area contributed by atoms with E-state index in [1.54, 1.807) is 0 Å². The topological polar surface area (TPSA) is 55.8 Å². The summed E-state index contributed by atoms with van der Waals surface area (Å²) in [6.07, 6.45) is 7.11. The quantitative estimate of drug-likeness (QED) is 0.872. The standard InChI is InChI=1S/C18H18O4/c1-21-17(19)15-11-22-18(20)16-13(9-10-14(15)16)8-7-12-5-3-2-4-6-12/h2-9,11,14,16,18,20H,10H2,1H3/b8-7+. The first kappa shape index (κ1) is 14.6. The largest absolute Gasteiger partial charge is 0.471 e. The van der Waals surface area contributed by atoms with Crippen molar-refractivity contribution >= 4 is 12.0 Å². The second kappa shape index (κ2) is 6.20. The van der Waals surface area contributed by atoms with Gasteiger partial charge in [-0.3, -0.25) is 0 Å². The maximum atomic E-state index is 11.8. The number of hydrogen-bond donors (Lipinski definition) is 1. The van der Waals surface area contributed by atoms with Crippen LogP contribution in [-0.2, 0) is 14.3 Å². The normalized spacial score (nSPS) is 26.9. The maximum absolute atomic E-state index is 11.8. The minimum Gasteiger partial charge on any atom is -0.471 e. The monoisotopic (exact) mass is 298 g/mol. The summed E-state index contributed by atoms with van der Waals surface area (Å²) in [6, 6.07) is 9.94. The van der Waals surface area contributed by atoms with E-state index in [-0.39, 0.29) is 11.8 Å². The molecular weight excluding hydrogens is 280 g/mol. The molecule has 3 rings (SSSR count). The van der Waals surface area contributed by atoms with Crippen LogP contribution in [0.15, 0.2) is 59.9 Å². The van der Waals surface area contributed by atoms with E-state index in [2.05, 4.69) is 0 Å². The van der Waals surface area contributed by atoms with Crippen LogP contribution in [0, 0.1) is 11.8 Å². The van der Waals surface area contributed by atoms with Crippen LogP contribution in [0.5, 0.6) is 0 Å². The summed E-state index contributed by atoms with van der Waals surface area (Å²) < 4.78 is 10.0. The number of hydrogen-bond acceptors (Lipinski definition) is 4. The summed E-state index contributed by atoms with van der Waals surface area (Å²) >= 11 is 0. The summed E-state index contributed by atoms with van der Waals surface area (Å²) in [6.45, 7) is 0. The molecule has 1 aliphatic heterocycles. The van der Waals surface area contributed by atoms with Crippen molar-refractivity contribution in [2.75, 3.05) is 7.11 Å². The van der Waals surface area contributed by atoms with Gasteiger partial charge in [-0.25, -0.2) is 4.79 Å². The van der Waals surface area contributed by atoms with E-state index in [4.69, 9.17) is 9.47 Å². The van der Waals surface area contributed by atoms with Gasteiger partial charge in [0.2, 0.25) is 6.29 Å². The van der Waals surface area contributed by atoms with Crippen LogP contribution in [-0.4, -0.2) is 24.5 Å². The van der Waals surface area contributed by atoms with Gasteiger partial charge in [-0.15, -0.1) is 0 Å². The van der Waals surface area contributed by atoms with E-state index in [0.29, 0.717) is 12.0 Å². The summed E-state index contributed by atoms with van der Waals surface area (Å²) in [5.74, 6) is -0.728. The summed E-state index contributed by atoms with van der Waals surface area (Å²) in [7, 11) is 1.35. The molecule has 1 heterocycles. The Kier molecular flexibility index (Phi) is 4.11. The number of esters is 1. The highest BCUT2D eigenvalue weighted by molar-refractivity contribution is 5.89. The number of benzene rings is 1. The molecule has 3 unspecified atom stereocenters. The van der Waals surface area contributed by atoms with Crippen molar-refractivity contribution in [2.45, 2.75) is 12.7 Å². The van der Waals surface area contributed by atoms with Gasteiger partial charge in [-0.05, 0) is 17.6 Å². The van der Waals surface area contributed by atoms with Gasteiger partial charge in [-0.1, -0.05) is 48.6 Å². The number of methoxy groups -OCH3 is 1. The molecule has 2 aliphatic rings. The highest BCUT2D eigenvalue weighted by Crippen LogP contribution is 2.43. The van der Waals surface area contributed by atoms with Crippen molar-refractivity contribution in [3.63, 3.8) is 0 Å². The Morgan fingerprint density at radius 3 is 2.82 bits per heavy atom. The van der Waals surface area contributed by atoms with Crippen molar-refractivity contribution in [1.29, 1.82) is 0 Å². The summed E-state index contributed by atoms with van der Waals surface area (Å²) in [5.41, 5.74) is 2.55. The molecule has 0 spiro atoms. The van der Waals surface area contributed by atoms with Gasteiger partial charge in [0.1, 0.15) is 0 Å². The van der Waals surface area contributed by atoms with Gasteiger partial charge in [0.15, 0.2) is 0 Å². The Bertz CT molecular complexity index is 642. The van der Waals surface area contributed by atoms with Crippen LogP contribution < -0.4 is 0 Å². The number of aliphatic hydroxyl groups excluding tert-OH is 1. The third kappa shape index (κ3) is 2.70. The molecule has 0 saturated carbocycles. The van der Waals surface area contributed by atoms with E-state index in [9.17, 15) is 9.90 Å². The zero-order valence-corrected chi connectivity index (χ0v) is 12.3. The molecule has 4 nitrogen and oxygen atoms in total.